The van der Waals surface area contributed by atoms with Crippen molar-refractivity contribution in [2.75, 3.05) is 11.9 Å². The maximum Gasteiger partial charge on any atom is 0.407 e. The van der Waals surface area contributed by atoms with E-state index in [4.69, 9.17) is 5.11 Å². The van der Waals surface area contributed by atoms with E-state index in [1.807, 2.05) is 12.1 Å². The Hall–Kier alpha value is -2.94. The second-order valence-corrected chi connectivity index (χ2v) is 8.01. The zero-order chi connectivity index (χ0) is 19.7. The number of nitrogens with zero attached hydrogens (tertiary/aromatic N) is 2. The summed E-state index contributed by atoms with van der Waals surface area (Å²) in [4.78, 5) is 41.9. The van der Waals surface area contributed by atoms with Gasteiger partial charge in [0.2, 0.25) is 5.91 Å². The lowest BCUT2D eigenvalue weighted by atomic mass is 10.1. The number of carbonyl (C=O) groups is 3. The van der Waals surface area contributed by atoms with E-state index < -0.39 is 12.1 Å². The highest BCUT2D eigenvalue weighted by molar-refractivity contribution is 7.19. The predicted octanol–water partition coefficient (Wildman–Crippen LogP) is 2.78. The van der Waals surface area contributed by atoms with Crippen LogP contribution in [-0.2, 0) is 4.79 Å². The van der Waals surface area contributed by atoms with E-state index >= 15 is 0 Å². The summed E-state index contributed by atoms with van der Waals surface area (Å²) in [5.74, 6) is -0.418. The van der Waals surface area contributed by atoms with Crippen LogP contribution in [0.15, 0.2) is 30.5 Å². The van der Waals surface area contributed by atoms with Crippen molar-refractivity contribution in [1.29, 1.82) is 0 Å². The Morgan fingerprint density at radius 3 is 2.57 bits per heavy atom. The molecule has 3 amide bonds. The van der Waals surface area contributed by atoms with E-state index in [0.29, 0.717) is 36.1 Å². The lowest BCUT2D eigenvalue weighted by molar-refractivity contribution is -0.119. The van der Waals surface area contributed by atoms with Crippen molar-refractivity contribution in [1.82, 2.24) is 15.2 Å². The maximum absolute atomic E-state index is 12.4. The number of anilines is 1. The summed E-state index contributed by atoms with van der Waals surface area (Å²) in [5, 5.41) is 15.3. The summed E-state index contributed by atoms with van der Waals surface area (Å²) in [6.45, 7) is 0.372. The minimum absolute atomic E-state index is 0.0640. The molecule has 1 atom stereocenters. The van der Waals surface area contributed by atoms with Crippen molar-refractivity contribution >= 4 is 34.4 Å². The van der Waals surface area contributed by atoms with Crippen molar-refractivity contribution in [3.8, 4) is 10.4 Å². The Labute approximate surface area is 165 Å². The number of hydrogen-bond donors (Lipinski definition) is 3. The molecule has 2 aromatic rings. The van der Waals surface area contributed by atoms with Gasteiger partial charge >= 0.3 is 6.09 Å². The van der Waals surface area contributed by atoms with Crippen molar-refractivity contribution in [3.63, 3.8) is 0 Å². The van der Waals surface area contributed by atoms with Gasteiger partial charge in [-0.3, -0.25) is 14.5 Å². The van der Waals surface area contributed by atoms with E-state index in [1.54, 1.807) is 18.3 Å². The molecule has 0 radical (unpaired) electrons. The van der Waals surface area contributed by atoms with E-state index in [-0.39, 0.29) is 11.8 Å². The molecule has 1 saturated carbocycles. The summed E-state index contributed by atoms with van der Waals surface area (Å²) in [7, 11) is 0. The van der Waals surface area contributed by atoms with Gasteiger partial charge in [0.25, 0.3) is 5.91 Å². The minimum atomic E-state index is -1.08. The fraction of sp³-hybridized carbons (Fsp3) is 0.368. The predicted molar refractivity (Wildman–Crippen MR) is 104 cm³/mol. The number of rotatable bonds is 5. The number of aromatic nitrogens is 1. The highest BCUT2D eigenvalue weighted by Gasteiger charge is 2.34. The highest BCUT2D eigenvalue weighted by atomic mass is 32.1. The first kappa shape index (κ1) is 18.4. The van der Waals surface area contributed by atoms with Gasteiger partial charge in [0.05, 0.1) is 4.88 Å². The Bertz CT molecular complexity index is 907. The fourth-order valence-corrected chi connectivity index (χ4v) is 4.03. The molecule has 1 unspecified atom stereocenters. The molecule has 2 aliphatic rings. The van der Waals surface area contributed by atoms with Gasteiger partial charge in [-0.2, -0.15) is 0 Å². The zero-order valence-corrected chi connectivity index (χ0v) is 15.9. The Kier molecular flexibility index (Phi) is 4.99. The van der Waals surface area contributed by atoms with E-state index in [1.165, 1.54) is 11.3 Å². The van der Waals surface area contributed by atoms with Crippen LogP contribution in [0.5, 0.6) is 0 Å². The van der Waals surface area contributed by atoms with E-state index in [9.17, 15) is 14.4 Å². The highest BCUT2D eigenvalue weighted by Crippen LogP contribution is 2.30. The monoisotopic (exact) mass is 400 g/mol. The minimum Gasteiger partial charge on any atom is -0.465 e. The van der Waals surface area contributed by atoms with Crippen LogP contribution in [0.25, 0.3) is 10.4 Å². The van der Waals surface area contributed by atoms with Crippen LogP contribution < -0.4 is 10.6 Å². The van der Waals surface area contributed by atoms with Crippen LogP contribution in [-0.4, -0.2) is 51.5 Å². The summed E-state index contributed by atoms with van der Waals surface area (Å²) in [6.07, 6.45) is 3.86. The summed E-state index contributed by atoms with van der Waals surface area (Å²) in [5.41, 5.74) is 1.51. The van der Waals surface area contributed by atoms with Crippen LogP contribution in [0.4, 0.5) is 9.93 Å². The molecule has 2 heterocycles. The number of benzene rings is 1. The number of nitrogens with one attached hydrogen (secondary N) is 2. The molecule has 1 aromatic carbocycles. The van der Waals surface area contributed by atoms with Gasteiger partial charge in [0.15, 0.2) is 5.13 Å². The fourth-order valence-electron chi connectivity index (χ4n) is 3.20. The Balaban J connectivity index is 1.40. The lowest BCUT2D eigenvalue weighted by Crippen LogP contribution is -2.42. The van der Waals surface area contributed by atoms with Gasteiger partial charge in [-0.25, -0.2) is 9.78 Å². The third-order valence-corrected chi connectivity index (χ3v) is 5.84. The number of likely N-dealkylation sites (tertiary alicyclic amines) is 1. The molecule has 1 saturated heterocycles. The van der Waals surface area contributed by atoms with Crippen molar-refractivity contribution < 1.29 is 19.5 Å². The summed E-state index contributed by atoms with van der Waals surface area (Å²) < 4.78 is 0. The SMILES string of the molecule is O=C(NC1CC1)c1ccc(-c2cnc(NC(=O)C3CCCN3C(=O)O)s2)cc1. The molecule has 9 heteroatoms. The number of carboxylic acid groups (broad SMARTS) is 1. The second-order valence-electron chi connectivity index (χ2n) is 6.98. The standard InChI is InChI=1S/C19H20N4O4S/c24-16(21-13-7-8-13)12-5-3-11(4-6-12)15-10-20-18(28-15)22-17(25)14-2-1-9-23(14)19(26)27/h3-6,10,13-14H,1-2,7-9H2,(H,21,24)(H,26,27)(H,20,22,25). The second kappa shape index (κ2) is 7.59. The quantitative estimate of drug-likeness (QED) is 0.715. The summed E-state index contributed by atoms with van der Waals surface area (Å²) in [6, 6.07) is 6.89. The van der Waals surface area contributed by atoms with Gasteiger partial charge in [-0.15, -0.1) is 0 Å². The van der Waals surface area contributed by atoms with Crippen LogP contribution in [0, 0.1) is 0 Å². The molecular weight excluding hydrogens is 380 g/mol. The number of carbonyl (C=O) groups excluding carboxylic acids is 2. The van der Waals surface area contributed by atoms with Crippen LogP contribution in [0.2, 0.25) is 0 Å². The molecule has 1 aliphatic carbocycles. The van der Waals surface area contributed by atoms with E-state index in [2.05, 4.69) is 15.6 Å². The van der Waals surface area contributed by atoms with Crippen LogP contribution in [0.1, 0.15) is 36.0 Å². The Morgan fingerprint density at radius 1 is 1.14 bits per heavy atom. The molecule has 3 N–H and O–H groups in total. The number of thiazole rings is 1. The first-order chi connectivity index (χ1) is 13.5. The molecule has 2 fully saturated rings. The normalized spacial score (nSPS) is 18.7. The first-order valence-corrected chi connectivity index (χ1v) is 10.0. The van der Waals surface area contributed by atoms with Crippen LogP contribution in [0.3, 0.4) is 0 Å². The molecule has 28 heavy (non-hydrogen) atoms. The average Bonchev–Trinajstić information content (AvgIpc) is 3.18. The van der Waals surface area contributed by atoms with Gasteiger partial charge in [0.1, 0.15) is 6.04 Å². The third-order valence-electron chi connectivity index (χ3n) is 4.88. The van der Waals surface area contributed by atoms with Crippen molar-refractivity contribution in [3.05, 3.63) is 36.0 Å². The van der Waals surface area contributed by atoms with Gasteiger partial charge in [0, 0.05) is 24.3 Å². The topological polar surface area (TPSA) is 112 Å². The molecule has 0 spiro atoms. The van der Waals surface area contributed by atoms with Crippen molar-refractivity contribution in [2.24, 2.45) is 0 Å². The smallest absolute Gasteiger partial charge is 0.407 e. The molecule has 1 aliphatic heterocycles. The molecule has 0 bridgehead atoms. The van der Waals surface area contributed by atoms with Gasteiger partial charge in [-0.05, 0) is 43.4 Å². The lowest BCUT2D eigenvalue weighted by Gasteiger charge is -2.19. The average molecular weight is 400 g/mol. The molecular formula is C19H20N4O4S. The molecule has 1 aromatic heterocycles. The maximum atomic E-state index is 12.4. The van der Waals surface area contributed by atoms with Gasteiger partial charge < -0.3 is 15.7 Å². The molecule has 146 valence electrons. The first-order valence-electron chi connectivity index (χ1n) is 9.19. The largest absolute Gasteiger partial charge is 0.465 e. The molecule has 8 nitrogen and oxygen atoms in total. The Morgan fingerprint density at radius 2 is 1.89 bits per heavy atom. The van der Waals surface area contributed by atoms with Crippen molar-refractivity contribution in [2.45, 2.75) is 37.8 Å². The molecule has 4 rings (SSSR count). The number of hydrogen-bond acceptors (Lipinski definition) is 5. The van der Waals surface area contributed by atoms with Crippen LogP contribution >= 0.6 is 11.3 Å². The zero-order valence-electron chi connectivity index (χ0n) is 15.1. The third kappa shape index (κ3) is 3.99. The van der Waals surface area contributed by atoms with Gasteiger partial charge in [-0.1, -0.05) is 23.5 Å². The van der Waals surface area contributed by atoms with E-state index in [0.717, 1.165) is 28.2 Å². The summed E-state index contributed by atoms with van der Waals surface area (Å²) >= 11 is 1.31. The number of amides is 3.